The second-order valence-electron chi connectivity index (χ2n) is 5.87. The van der Waals surface area contributed by atoms with Crippen molar-refractivity contribution >= 4 is 12.1 Å². The lowest BCUT2D eigenvalue weighted by Crippen LogP contribution is -2.42. The number of hydrogen-bond acceptors (Lipinski definition) is 3. The highest BCUT2D eigenvalue weighted by Crippen LogP contribution is 2.26. The van der Waals surface area contributed by atoms with Gasteiger partial charge in [0.25, 0.3) is 0 Å². The quantitative estimate of drug-likeness (QED) is 0.836. The summed E-state index contributed by atoms with van der Waals surface area (Å²) in [5.41, 5.74) is 0. The molecule has 0 bridgehead atoms. The fraction of sp³-hybridized carbons (Fsp3) is 0.857. The molecule has 1 amide bonds. The minimum atomic E-state index is -0.755. The van der Waals surface area contributed by atoms with E-state index in [4.69, 9.17) is 9.84 Å². The van der Waals surface area contributed by atoms with Crippen molar-refractivity contribution in [1.29, 1.82) is 0 Å². The molecule has 0 aromatic heterocycles. The summed E-state index contributed by atoms with van der Waals surface area (Å²) in [4.78, 5) is 24.5. The molecule has 0 radical (unpaired) electrons. The highest BCUT2D eigenvalue weighted by atomic mass is 16.6. The van der Waals surface area contributed by atoms with Gasteiger partial charge in [-0.2, -0.15) is 0 Å². The summed E-state index contributed by atoms with van der Waals surface area (Å²) < 4.78 is 5.51. The van der Waals surface area contributed by atoms with E-state index in [2.05, 4.69) is 6.92 Å². The molecular formula is C14H23NO4. The minimum Gasteiger partial charge on any atom is -0.481 e. The molecule has 108 valence electrons. The predicted molar refractivity (Wildman–Crippen MR) is 69.8 cm³/mol. The second-order valence-corrected chi connectivity index (χ2v) is 5.87. The first-order valence-corrected chi connectivity index (χ1v) is 7.24. The lowest BCUT2D eigenvalue weighted by Gasteiger charge is -2.32. The SMILES string of the molecule is CC1CCC(OC(=O)N2CCC(C(=O)O)CC2)CC1. The Labute approximate surface area is 113 Å². The highest BCUT2D eigenvalue weighted by Gasteiger charge is 2.29. The number of piperidine rings is 1. The Hall–Kier alpha value is -1.26. The van der Waals surface area contributed by atoms with Crippen LogP contribution in [0.4, 0.5) is 4.79 Å². The van der Waals surface area contributed by atoms with Crippen LogP contribution >= 0.6 is 0 Å². The molecule has 19 heavy (non-hydrogen) atoms. The number of carboxylic acid groups (broad SMARTS) is 1. The van der Waals surface area contributed by atoms with Crippen LogP contribution in [0.1, 0.15) is 45.4 Å². The van der Waals surface area contributed by atoms with Gasteiger partial charge in [-0.25, -0.2) is 4.79 Å². The predicted octanol–water partition coefficient (Wildman–Crippen LogP) is 2.50. The first-order chi connectivity index (χ1) is 9.06. The fourth-order valence-electron chi connectivity index (χ4n) is 2.87. The zero-order chi connectivity index (χ0) is 13.8. The molecule has 2 aliphatic rings. The first-order valence-electron chi connectivity index (χ1n) is 7.24. The molecule has 1 N–H and O–H groups in total. The fourth-order valence-corrected chi connectivity index (χ4v) is 2.87. The van der Waals surface area contributed by atoms with E-state index in [1.807, 2.05) is 0 Å². The third-order valence-electron chi connectivity index (χ3n) is 4.33. The van der Waals surface area contributed by atoms with Gasteiger partial charge in [-0.15, -0.1) is 0 Å². The van der Waals surface area contributed by atoms with Crippen molar-refractivity contribution in [2.75, 3.05) is 13.1 Å². The summed E-state index contributed by atoms with van der Waals surface area (Å²) in [6, 6.07) is 0. The minimum absolute atomic E-state index is 0.0564. The van der Waals surface area contributed by atoms with Crippen molar-refractivity contribution in [3.8, 4) is 0 Å². The van der Waals surface area contributed by atoms with Crippen LogP contribution < -0.4 is 0 Å². The summed E-state index contributed by atoms with van der Waals surface area (Å²) in [5.74, 6) is -0.324. The van der Waals surface area contributed by atoms with Gasteiger partial charge in [-0.1, -0.05) is 6.92 Å². The second kappa shape index (κ2) is 6.26. The van der Waals surface area contributed by atoms with E-state index >= 15 is 0 Å². The van der Waals surface area contributed by atoms with Gasteiger partial charge in [0, 0.05) is 13.1 Å². The zero-order valence-electron chi connectivity index (χ0n) is 11.5. The van der Waals surface area contributed by atoms with Crippen LogP contribution in [0.5, 0.6) is 0 Å². The van der Waals surface area contributed by atoms with Gasteiger partial charge < -0.3 is 14.7 Å². The van der Waals surface area contributed by atoms with Crippen molar-refractivity contribution in [3.05, 3.63) is 0 Å². The van der Waals surface area contributed by atoms with E-state index in [1.54, 1.807) is 4.90 Å². The van der Waals surface area contributed by atoms with Crippen molar-refractivity contribution in [2.45, 2.75) is 51.6 Å². The number of ether oxygens (including phenoxy) is 1. The maximum absolute atomic E-state index is 12.0. The number of amides is 1. The number of carbonyl (C=O) groups excluding carboxylic acids is 1. The van der Waals surface area contributed by atoms with E-state index in [-0.39, 0.29) is 18.1 Å². The van der Waals surface area contributed by atoms with Gasteiger partial charge in [0.05, 0.1) is 5.92 Å². The van der Waals surface area contributed by atoms with E-state index in [0.717, 1.165) is 31.6 Å². The maximum Gasteiger partial charge on any atom is 0.410 e. The molecule has 0 unspecified atom stereocenters. The van der Waals surface area contributed by atoms with Gasteiger partial charge >= 0.3 is 12.1 Å². The monoisotopic (exact) mass is 269 g/mol. The molecular weight excluding hydrogens is 246 g/mol. The molecule has 0 spiro atoms. The molecule has 1 saturated carbocycles. The van der Waals surface area contributed by atoms with Crippen LogP contribution in [0.3, 0.4) is 0 Å². The number of aliphatic carboxylic acids is 1. The first kappa shape index (κ1) is 14.2. The molecule has 2 rings (SSSR count). The van der Waals surface area contributed by atoms with Crippen LogP contribution in [-0.2, 0) is 9.53 Å². The Balaban J connectivity index is 1.74. The Bertz CT molecular complexity index is 328. The van der Waals surface area contributed by atoms with E-state index in [9.17, 15) is 9.59 Å². The van der Waals surface area contributed by atoms with Crippen molar-refractivity contribution in [1.82, 2.24) is 4.90 Å². The molecule has 5 heteroatoms. The summed E-state index contributed by atoms with van der Waals surface area (Å²) in [6.45, 7) is 3.23. The molecule has 0 atom stereocenters. The normalized spacial score (nSPS) is 29.0. The van der Waals surface area contributed by atoms with Crippen LogP contribution in [0.2, 0.25) is 0 Å². The largest absolute Gasteiger partial charge is 0.481 e. The number of nitrogens with zero attached hydrogens (tertiary/aromatic N) is 1. The van der Waals surface area contributed by atoms with Crippen molar-refractivity contribution in [2.24, 2.45) is 11.8 Å². The molecule has 1 aliphatic carbocycles. The molecule has 1 aliphatic heterocycles. The van der Waals surface area contributed by atoms with E-state index in [0.29, 0.717) is 25.9 Å². The molecule has 0 aromatic rings. The van der Waals surface area contributed by atoms with Gasteiger partial charge in [-0.3, -0.25) is 4.79 Å². The van der Waals surface area contributed by atoms with Crippen molar-refractivity contribution in [3.63, 3.8) is 0 Å². The number of rotatable bonds is 2. The van der Waals surface area contributed by atoms with E-state index < -0.39 is 5.97 Å². The summed E-state index contributed by atoms with van der Waals surface area (Å²) in [5, 5.41) is 8.91. The van der Waals surface area contributed by atoms with Crippen LogP contribution in [-0.4, -0.2) is 41.3 Å². The molecule has 2 fully saturated rings. The average molecular weight is 269 g/mol. The third-order valence-corrected chi connectivity index (χ3v) is 4.33. The van der Waals surface area contributed by atoms with Gasteiger partial charge in [0.15, 0.2) is 0 Å². The Morgan fingerprint density at radius 2 is 1.63 bits per heavy atom. The number of likely N-dealkylation sites (tertiary alicyclic amines) is 1. The van der Waals surface area contributed by atoms with Crippen LogP contribution in [0, 0.1) is 11.8 Å². The summed E-state index contributed by atoms with van der Waals surface area (Å²) >= 11 is 0. The molecule has 5 nitrogen and oxygen atoms in total. The van der Waals surface area contributed by atoms with Crippen molar-refractivity contribution < 1.29 is 19.4 Å². The topological polar surface area (TPSA) is 66.8 Å². The maximum atomic E-state index is 12.0. The Morgan fingerprint density at radius 3 is 2.16 bits per heavy atom. The van der Waals surface area contributed by atoms with Gasteiger partial charge in [0.2, 0.25) is 0 Å². The number of carbonyl (C=O) groups is 2. The van der Waals surface area contributed by atoms with Crippen LogP contribution in [0.15, 0.2) is 0 Å². The third kappa shape index (κ3) is 3.85. The lowest BCUT2D eigenvalue weighted by molar-refractivity contribution is -0.143. The Morgan fingerprint density at radius 1 is 1.05 bits per heavy atom. The number of carboxylic acids is 1. The lowest BCUT2D eigenvalue weighted by atomic mass is 9.89. The van der Waals surface area contributed by atoms with Gasteiger partial charge in [-0.05, 0) is 44.4 Å². The van der Waals surface area contributed by atoms with E-state index in [1.165, 1.54) is 0 Å². The average Bonchev–Trinajstić information content (AvgIpc) is 2.41. The molecule has 1 saturated heterocycles. The Kier molecular flexibility index (Phi) is 4.66. The smallest absolute Gasteiger partial charge is 0.410 e. The van der Waals surface area contributed by atoms with Crippen LogP contribution in [0.25, 0.3) is 0 Å². The zero-order valence-corrected chi connectivity index (χ0v) is 11.5. The molecule has 0 aromatic carbocycles. The standard InChI is InChI=1S/C14H23NO4/c1-10-2-4-12(5-3-10)19-14(18)15-8-6-11(7-9-15)13(16)17/h10-12H,2-9H2,1H3,(H,16,17). The van der Waals surface area contributed by atoms with Gasteiger partial charge in [0.1, 0.15) is 6.10 Å². The summed E-state index contributed by atoms with van der Waals surface area (Å²) in [7, 11) is 0. The number of hydrogen-bond donors (Lipinski definition) is 1. The highest BCUT2D eigenvalue weighted by molar-refractivity contribution is 5.71. The summed E-state index contributed by atoms with van der Waals surface area (Å²) in [6.07, 6.45) is 5.03. The molecule has 1 heterocycles.